The van der Waals surface area contributed by atoms with E-state index in [1.54, 1.807) is 25.2 Å². The summed E-state index contributed by atoms with van der Waals surface area (Å²) in [7, 11) is 4.01. The molecule has 0 aliphatic heterocycles. The second kappa shape index (κ2) is 7.42. The third-order valence-electron chi connectivity index (χ3n) is 1.87. The molecule has 0 unspecified atom stereocenters. The van der Waals surface area contributed by atoms with Gasteiger partial charge in [-0.15, -0.1) is 0 Å². The number of hydrogen-bond donors (Lipinski definition) is 2. The molecule has 0 bridgehead atoms. The van der Waals surface area contributed by atoms with Crippen LogP contribution in [0.5, 0.6) is 0 Å². The first-order valence-corrected chi connectivity index (χ1v) is 4.53. The van der Waals surface area contributed by atoms with Crippen molar-refractivity contribution in [1.82, 2.24) is 0 Å². The number of anilines is 1. The molecule has 0 heterocycles. The number of aliphatic hydroxyl groups excluding tert-OH is 1. The van der Waals surface area contributed by atoms with Crippen molar-refractivity contribution < 1.29 is 19.4 Å². The molecule has 0 radical (unpaired) electrons. The molecular formula is C11H15NO4. The molecule has 2 N–H and O–H groups in total. The van der Waals surface area contributed by atoms with Crippen LogP contribution in [0.1, 0.15) is 20.7 Å². The minimum absolute atomic E-state index is 0.273. The minimum atomic E-state index is -0.510. The summed E-state index contributed by atoms with van der Waals surface area (Å²) in [4.78, 5) is 21.9. The Morgan fingerprint density at radius 3 is 2.50 bits per heavy atom. The number of benzene rings is 1. The smallest absolute Gasteiger partial charge is 0.338 e. The predicted octanol–water partition coefficient (Wildman–Crippen LogP) is 0.936. The van der Waals surface area contributed by atoms with Crippen LogP contribution in [0.4, 0.5) is 5.69 Å². The van der Waals surface area contributed by atoms with Crippen LogP contribution in [0, 0.1) is 0 Å². The van der Waals surface area contributed by atoms with Gasteiger partial charge in [-0.2, -0.15) is 0 Å². The lowest BCUT2D eigenvalue weighted by Gasteiger charge is -2.05. The maximum absolute atomic E-state index is 11.3. The Kier molecular flexibility index (Phi) is 6.55. The zero-order valence-electron chi connectivity index (χ0n) is 9.48. The standard InChI is InChI=1S/C10H11NO3.CH4O/c1-11-8-4-3-7(6-12)9(5-8)10(13)14-2;1-2/h3-6,11H,1-2H3;2H,1H3. The quantitative estimate of drug-likeness (QED) is 0.591. The first kappa shape index (κ1) is 14.1. The maximum atomic E-state index is 11.3. The Bertz CT molecular complexity index is 363. The highest BCUT2D eigenvalue weighted by Crippen LogP contribution is 2.14. The molecule has 0 saturated carbocycles. The van der Waals surface area contributed by atoms with Crippen LogP contribution in [0.15, 0.2) is 18.2 Å². The Balaban J connectivity index is 0.00000106. The Labute approximate surface area is 94.0 Å². The van der Waals surface area contributed by atoms with Crippen molar-refractivity contribution in [3.05, 3.63) is 29.3 Å². The Hall–Kier alpha value is -1.88. The molecule has 0 aliphatic carbocycles. The highest BCUT2D eigenvalue weighted by molar-refractivity contribution is 5.99. The van der Waals surface area contributed by atoms with Gasteiger partial charge in [0.25, 0.3) is 0 Å². The number of nitrogens with one attached hydrogen (secondary N) is 1. The first-order chi connectivity index (χ1) is 7.72. The zero-order chi connectivity index (χ0) is 12.6. The fourth-order valence-electron chi connectivity index (χ4n) is 1.10. The fraction of sp³-hybridized carbons (Fsp3) is 0.273. The number of rotatable bonds is 3. The summed E-state index contributed by atoms with van der Waals surface area (Å²) in [5.74, 6) is -0.510. The molecule has 1 aromatic carbocycles. The molecule has 0 fully saturated rings. The van der Waals surface area contributed by atoms with E-state index in [9.17, 15) is 9.59 Å². The van der Waals surface area contributed by atoms with Crippen molar-refractivity contribution in [3.8, 4) is 0 Å². The van der Waals surface area contributed by atoms with Crippen LogP contribution >= 0.6 is 0 Å². The van der Waals surface area contributed by atoms with Gasteiger partial charge in [0, 0.05) is 25.4 Å². The van der Waals surface area contributed by atoms with E-state index in [1.165, 1.54) is 7.11 Å². The zero-order valence-corrected chi connectivity index (χ0v) is 9.48. The molecule has 0 aromatic heterocycles. The minimum Gasteiger partial charge on any atom is -0.465 e. The molecular weight excluding hydrogens is 210 g/mol. The van der Waals surface area contributed by atoms with Crippen molar-refractivity contribution in [1.29, 1.82) is 0 Å². The summed E-state index contributed by atoms with van der Waals surface area (Å²) >= 11 is 0. The lowest BCUT2D eigenvalue weighted by Crippen LogP contribution is -2.06. The molecule has 1 aromatic rings. The Morgan fingerprint density at radius 2 is 2.06 bits per heavy atom. The van der Waals surface area contributed by atoms with Crippen molar-refractivity contribution in [2.24, 2.45) is 0 Å². The van der Waals surface area contributed by atoms with Gasteiger partial charge in [-0.25, -0.2) is 4.79 Å². The number of esters is 1. The summed E-state index contributed by atoms with van der Waals surface area (Å²) in [6, 6.07) is 4.87. The van der Waals surface area contributed by atoms with Crippen LogP contribution in [0.3, 0.4) is 0 Å². The van der Waals surface area contributed by atoms with Crippen molar-refractivity contribution in [3.63, 3.8) is 0 Å². The van der Waals surface area contributed by atoms with E-state index >= 15 is 0 Å². The maximum Gasteiger partial charge on any atom is 0.338 e. The van der Waals surface area contributed by atoms with Crippen molar-refractivity contribution in [2.75, 3.05) is 26.6 Å². The fourth-order valence-corrected chi connectivity index (χ4v) is 1.10. The van der Waals surface area contributed by atoms with E-state index in [-0.39, 0.29) is 5.56 Å². The van der Waals surface area contributed by atoms with Gasteiger partial charge in [0.15, 0.2) is 6.29 Å². The lowest BCUT2D eigenvalue weighted by atomic mass is 10.1. The molecule has 5 heteroatoms. The van der Waals surface area contributed by atoms with Crippen molar-refractivity contribution >= 4 is 17.9 Å². The molecule has 0 aliphatic rings. The monoisotopic (exact) mass is 225 g/mol. The second-order valence-electron chi connectivity index (χ2n) is 2.66. The number of hydrogen-bond acceptors (Lipinski definition) is 5. The summed E-state index contributed by atoms with van der Waals surface area (Å²) in [6.45, 7) is 0. The second-order valence-corrected chi connectivity index (χ2v) is 2.66. The summed E-state index contributed by atoms with van der Waals surface area (Å²) in [5, 5.41) is 9.87. The van der Waals surface area contributed by atoms with Gasteiger partial charge >= 0.3 is 5.97 Å². The number of methoxy groups -OCH3 is 1. The van der Waals surface area contributed by atoms with E-state index < -0.39 is 5.97 Å². The number of carbonyl (C=O) groups is 2. The molecule has 0 atom stereocenters. The average molecular weight is 225 g/mol. The largest absolute Gasteiger partial charge is 0.465 e. The van der Waals surface area contributed by atoms with Crippen LogP contribution in [0.25, 0.3) is 0 Å². The molecule has 0 saturated heterocycles. The SMILES string of the molecule is CNc1ccc(C=O)c(C(=O)OC)c1.CO. The number of aldehydes is 1. The molecule has 16 heavy (non-hydrogen) atoms. The Morgan fingerprint density at radius 1 is 1.44 bits per heavy atom. The normalized spacial score (nSPS) is 8.50. The highest BCUT2D eigenvalue weighted by Gasteiger charge is 2.11. The van der Waals surface area contributed by atoms with Gasteiger partial charge in [-0.1, -0.05) is 0 Å². The third kappa shape index (κ3) is 3.36. The van der Waals surface area contributed by atoms with Gasteiger partial charge in [0.2, 0.25) is 0 Å². The lowest BCUT2D eigenvalue weighted by molar-refractivity contribution is 0.0598. The molecule has 0 amide bonds. The molecule has 88 valence electrons. The highest BCUT2D eigenvalue weighted by atomic mass is 16.5. The molecule has 5 nitrogen and oxygen atoms in total. The van der Waals surface area contributed by atoms with Gasteiger partial charge in [0.05, 0.1) is 12.7 Å². The van der Waals surface area contributed by atoms with E-state index in [2.05, 4.69) is 10.1 Å². The number of aliphatic hydroxyl groups is 1. The van der Waals surface area contributed by atoms with E-state index in [0.29, 0.717) is 11.8 Å². The number of ether oxygens (including phenoxy) is 1. The number of carbonyl (C=O) groups excluding carboxylic acids is 2. The first-order valence-electron chi connectivity index (χ1n) is 4.53. The topological polar surface area (TPSA) is 75.6 Å². The van der Waals surface area contributed by atoms with E-state index in [0.717, 1.165) is 12.8 Å². The van der Waals surface area contributed by atoms with Crippen LogP contribution in [0.2, 0.25) is 0 Å². The van der Waals surface area contributed by atoms with Gasteiger partial charge in [0.1, 0.15) is 0 Å². The predicted molar refractivity (Wildman–Crippen MR) is 60.9 cm³/mol. The molecule has 1 rings (SSSR count). The van der Waals surface area contributed by atoms with Crippen LogP contribution in [-0.2, 0) is 4.74 Å². The van der Waals surface area contributed by atoms with Gasteiger partial charge < -0.3 is 15.2 Å². The summed E-state index contributed by atoms with van der Waals surface area (Å²) < 4.78 is 4.55. The average Bonchev–Trinajstić information content (AvgIpc) is 2.39. The van der Waals surface area contributed by atoms with Crippen LogP contribution < -0.4 is 5.32 Å². The molecule has 0 spiro atoms. The van der Waals surface area contributed by atoms with Gasteiger partial charge in [-0.05, 0) is 18.2 Å². The van der Waals surface area contributed by atoms with Crippen molar-refractivity contribution in [2.45, 2.75) is 0 Å². The van der Waals surface area contributed by atoms with E-state index in [1.807, 2.05) is 0 Å². The van der Waals surface area contributed by atoms with E-state index in [4.69, 9.17) is 5.11 Å². The summed E-state index contributed by atoms with van der Waals surface area (Å²) in [5.41, 5.74) is 1.36. The van der Waals surface area contributed by atoms with Gasteiger partial charge in [-0.3, -0.25) is 4.79 Å². The van der Waals surface area contributed by atoms with Crippen LogP contribution in [-0.4, -0.2) is 38.6 Å². The summed E-state index contributed by atoms with van der Waals surface area (Å²) in [6.07, 6.45) is 0.631. The third-order valence-corrected chi connectivity index (χ3v) is 1.87.